The zero-order chi connectivity index (χ0) is 16.4. The molecule has 3 aromatic heterocycles. The van der Waals surface area contributed by atoms with Crippen LogP contribution in [0.25, 0.3) is 27.5 Å². The molecule has 0 amide bonds. The Hall–Kier alpha value is -2.92. The van der Waals surface area contributed by atoms with Crippen molar-refractivity contribution in [3.05, 3.63) is 72.4 Å². The molecule has 118 valence electrons. The summed E-state index contributed by atoms with van der Waals surface area (Å²) in [4.78, 5) is 5.37. The zero-order valence-corrected chi connectivity index (χ0v) is 13.9. The van der Waals surface area contributed by atoms with E-state index in [4.69, 9.17) is 9.84 Å². The van der Waals surface area contributed by atoms with E-state index in [0.29, 0.717) is 0 Å². The van der Waals surface area contributed by atoms with Gasteiger partial charge in [-0.05, 0) is 53.9 Å². The van der Waals surface area contributed by atoms with Crippen LogP contribution in [-0.4, -0.2) is 21.9 Å². The number of methoxy groups -OCH3 is 1. The number of ether oxygens (including phenoxy) is 1. The van der Waals surface area contributed by atoms with Crippen molar-refractivity contribution in [3.63, 3.8) is 0 Å². The van der Waals surface area contributed by atoms with Gasteiger partial charge in [-0.25, -0.2) is 4.68 Å². The fourth-order valence-electron chi connectivity index (χ4n) is 2.56. The summed E-state index contributed by atoms with van der Waals surface area (Å²) in [6.45, 7) is 0. The number of aromatic nitrogens is 3. The fraction of sp³-hybridized carbons (Fsp3) is 0.0526. The fourth-order valence-corrected chi connectivity index (χ4v) is 3.28. The van der Waals surface area contributed by atoms with Crippen molar-refractivity contribution in [1.82, 2.24) is 14.8 Å². The summed E-state index contributed by atoms with van der Waals surface area (Å²) in [5.74, 6) is 0.830. The first-order valence-corrected chi connectivity index (χ1v) is 8.42. The van der Waals surface area contributed by atoms with E-state index in [1.165, 1.54) is 4.88 Å². The monoisotopic (exact) mass is 333 g/mol. The van der Waals surface area contributed by atoms with Crippen molar-refractivity contribution in [2.45, 2.75) is 0 Å². The Kier molecular flexibility index (Phi) is 3.84. The average Bonchev–Trinajstić information content (AvgIpc) is 3.32. The molecule has 0 fully saturated rings. The van der Waals surface area contributed by atoms with E-state index < -0.39 is 0 Å². The molecular formula is C19H15N3OS. The Morgan fingerprint density at radius 3 is 2.58 bits per heavy atom. The first-order chi connectivity index (χ1) is 11.8. The van der Waals surface area contributed by atoms with E-state index in [9.17, 15) is 0 Å². The van der Waals surface area contributed by atoms with Gasteiger partial charge in [0.05, 0.1) is 29.1 Å². The highest BCUT2D eigenvalue weighted by Gasteiger charge is 2.14. The summed E-state index contributed by atoms with van der Waals surface area (Å²) >= 11 is 1.70. The van der Waals surface area contributed by atoms with Crippen molar-refractivity contribution in [1.29, 1.82) is 0 Å². The number of nitrogens with zero attached hydrogens (tertiary/aromatic N) is 3. The molecule has 1 aromatic carbocycles. The minimum absolute atomic E-state index is 0.830. The minimum Gasteiger partial charge on any atom is -0.497 e. The molecule has 0 aliphatic heterocycles. The second-order valence-electron chi connectivity index (χ2n) is 5.24. The lowest BCUT2D eigenvalue weighted by atomic mass is 10.2. The number of pyridine rings is 1. The summed E-state index contributed by atoms with van der Waals surface area (Å²) in [5.41, 5.74) is 3.97. The summed E-state index contributed by atoms with van der Waals surface area (Å²) in [6.07, 6.45) is 3.60. The molecule has 0 radical (unpaired) electrons. The zero-order valence-electron chi connectivity index (χ0n) is 13.1. The summed E-state index contributed by atoms with van der Waals surface area (Å²) in [7, 11) is 1.67. The van der Waals surface area contributed by atoms with Gasteiger partial charge in [-0.2, -0.15) is 5.10 Å². The molecule has 0 spiro atoms. The third kappa shape index (κ3) is 2.70. The SMILES string of the molecule is COc1ccc(-n2nc(-c3cccnc3)cc2-c2cccs2)cc1. The van der Waals surface area contributed by atoms with Gasteiger partial charge >= 0.3 is 0 Å². The number of hydrogen-bond donors (Lipinski definition) is 0. The van der Waals surface area contributed by atoms with Crippen LogP contribution in [0, 0.1) is 0 Å². The Morgan fingerprint density at radius 1 is 1.04 bits per heavy atom. The third-order valence-corrected chi connectivity index (χ3v) is 4.65. The lowest BCUT2D eigenvalue weighted by Crippen LogP contribution is -1.98. The summed E-state index contributed by atoms with van der Waals surface area (Å²) < 4.78 is 7.21. The van der Waals surface area contributed by atoms with Crippen molar-refractivity contribution >= 4 is 11.3 Å². The highest BCUT2D eigenvalue weighted by molar-refractivity contribution is 7.13. The molecule has 5 heteroatoms. The van der Waals surface area contributed by atoms with Crippen LogP contribution in [-0.2, 0) is 0 Å². The first-order valence-electron chi connectivity index (χ1n) is 7.54. The Bertz CT molecular complexity index is 929. The largest absolute Gasteiger partial charge is 0.497 e. The van der Waals surface area contributed by atoms with Crippen LogP contribution in [0.5, 0.6) is 5.75 Å². The molecule has 4 rings (SSSR count). The van der Waals surface area contributed by atoms with Gasteiger partial charge in [0.2, 0.25) is 0 Å². The second kappa shape index (κ2) is 6.29. The molecular weight excluding hydrogens is 318 g/mol. The van der Waals surface area contributed by atoms with Gasteiger partial charge in [0.15, 0.2) is 0 Å². The predicted molar refractivity (Wildman–Crippen MR) is 96.7 cm³/mol. The minimum atomic E-state index is 0.830. The van der Waals surface area contributed by atoms with E-state index in [1.54, 1.807) is 24.6 Å². The summed E-state index contributed by atoms with van der Waals surface area (Å²) in [5, 5.41) is 6.88. The van der Waals surface area contributed by atoms with Crippen LogP contribution in [0.3, 0.4) is 0 Å². The Labute approximate surface area is 144 Å². The van der Waals surface area contributed by atoms with Crippen LogP contribution in [0.2, 0.25) is 0 Å². The van der Waals surface area contributed by atoms with Gasteiger partial charge in [-0.1, -0.05) is 6.07 Å². The predicted octanol–water partition coefficient (Wildman–Crippen LogP) is 4.67. The molecule has 0 saturated heterocycles. The standard InChI is InChI=1S/C19H15N3OS/c1-23-16-8-6-15(7-9-16)22-18(19-5-3-11-24-19)12-17(21-22)14-4-2-10-20-13-14/h2-13H,1H3. The normalized spacial score (nSPS) is 10.7. The number of benzene rings is 1. The van der Waals surface area contributed by atoms with Gasteiger partial charge < -0.3 is 4.74 Å². The van der Waals surface area contributed by atoms with Crippen molar-refractivity contribution in [3.8, 4) is 33.3 Å². The molecule has 0 bridgehead atoms. The Balaban J connectivity index is 1.86. The van der Waals surface area contributed by atoms with Crippen molar-refractivity contribution in [2.24, 2.45) is 0 Å². The van der Waals surface area contributed by atoms with Crippen LogP contribution in [0.1, 0.15) is 0 Å². The van der Waals surface area contributed by atoms with Gasteiger partial charge in [0.25, 0.3) is 0 Å². The van der Waals surface area contributed by atoms with E-state index >= 15 is 0 Å². The molecule has 3 heterocycles. The third-order valence-electron chi connectivity index (χ3n) is 3.76. The van der Waals surface area contributed by atoms with Crippen molar-refractivity contribution in [2.75, 3.05) is 7.11 Å². The van der Waals surface area contributed by atoms with E-state index in [2.05, 4.69) is 28.6 Å². The molecule has 0 aliphatic rings. The Morgan fingerprint density at radius 2 is 1.92 bits per heavy atom. The van der Waals surface area contributed by atoms with E-state index in [1.807, 2.05) is 47.3 Å². The van der Waals surface area contributed by atoms with Crippen molar-refractivity contribution < 1.29 is 4.74 Å². The second-order valence-corrected chi connectivity index (χ2v) is 6.19. The highest BCUT2D eigenvalue weighted by Crippen LogP contribution is 2.31. The molecule has 24 heavy (non-hydrogen) atoms. The van der Waals surface area contributed by atoms with Gasteiger partial charge in [0.1, 0.15) is 5.75 Å². The number of hydrogen-bond acceptors (Lipinski definition) is 4. The quantitative estimate of drug-likeness (QED) is 0.545. The van der Waals surface area contributed by atoms with Gasteiger partial charge in [0, 0.05) is 18.0 Å². The smallest absolute Gasteiger partial charge is 0.119 e. The lowest BCUT2D eigenvalue weighted by molar-refractivity contribution is 0.414. The topological polar surface area (TPSA) is 39.9 Å². The maximum absolute atomic E-state index is 5.25. The van der Waals surface area contributed by atoms with Gasteiger partial charge in [-0.15, -0.1) is 11.3 Å². The van der Waals surface area contributed by atoms with Crippen LogP contribution < -0.4 is 4.74 Å². The molecule has 0 aliphatic carbocycles. The molecule has 0 N–H and O–H groups in total. The molecule has 4 aromatic rings. The van der Waals surface area contributed by atoms with E-state index in [-0.39, 0.29) is 0 Å². The molecule has 0 saturated carbocycles. The molecule has 0 unspecified atom stereocenters. The molecule has 4 nitrogen and oxygen atoms in total. The van der Waals surface area contributed by atoms with Gasteiger partial charge in [-0.3, -0.25) is 4.98 Å². The number of rotatable bonds is 4. The lowest BCUT2D eigenvalue weighted by Gasteiger charge is -2.07. The maximum Gasteiger partial charge on any atom is 0.119 e. The van der Waals surface area contributed by atoms with E-state index in [0.717, 1.165) is 28.4 Å². The summed E-state index contributed by atoms with van der Waals surface area (Å²) in [6, 6.07) is 18.1. The molecule has 0 atom stereocenters. The number of thiophene rings is 1. The van der Waals surface area contributed by atoms with Crippen LogP contribution in [0.4, 0.5) is 0 Å². The van der Waals surface area contributed by atoms with Crippen LogP contribution in [0.15, 0.2) is 72.4 Å². The average molecular weight is 333 g/mol. The van der Waals surface area contributed by atoms with Crippen LogP contribution >= 0.6 is 11.3 Å². The highest BCUT2D eigenvalue weighted by atomic mass is 32.1. The maximum atomic E-state index is 5.25. The first kappa shape index (κ1) is 14.7.